The summed E-state index contributed by atoms with van der Waals surface area (Å²) in [6.07, 6.45) is 1.00. The molecule has 8 heteroatoms. The van der Waals surface area contributed by atoms with Gasteiger partial charge in [-0.05, 0) is 60.0 Å². The van der Waals surface area contributed by atoms with E-state index in [1.165, 1.54) is 12.1 Å². The van der Waals surface area contributed by atoms with Crippen molar-refractivity contribution >= 4 is 58.0 Å². The quantitative estimate of drug-likeness (QED) is 0.502. The third-order valence-corrected chi connectivity index (χ3v) is 5.59. The van der Waals surface area contributed by atoms with Crippen LogP contribution in [0.4, 0.5) is 11.4 Å². The second kappa shape index (κ2) is 8.64. The molecule has 30 heavy (non-hydrogen) atoms. The third-order valence-electron chi connectivity index (χ3n) is 4.82. The van der Waals surface area contributed by atoms with Crippen LogP contribution in [0, 0.1) is 0 Å². The summed E-state index contributed by atoms with van der Waals surface area (Å²) in [4.78, 5) is 30.8. The molecular weight excluding hydrogens is 445 g/mol. The highest BCUT2D eigenvalue weighted by Crippen LogP contribution is 2.32. The van der Waals surface area contributed by atoms with Gasteiger partial charge in [0.05, 0.1) is 11.6 Å². The summed E-state index contributed by atoms with van der Waals surface area (Å²) in [7, 11) is 0. The van der Waals surface area contributed by atoms with Gasteiger partial charge in [-0.3, -0.25) is 9.59 Å². The summed E-state index contributed by atoms with van der Waals surface area (Å²) in [6.45, 7) is 0.455. The smallest absolute Gasteiger partial charge is 0.275 e. The molecule has 0 saturated heterocycles. The van der Waals surface area contributed by atoms with Crippen LogP contribution in [0.2, 0.25) is 15.2 Å². The van der Waals surface area contributed by atoms with Crippen molar-refractivity contribution in [2.75, 3.05) is 10.2 Å². The van der Waals surface area contributed by atoms with E-state index in [9.17, 15) is 9.59 Å². The monoisotopic (exact) mass is 459 g/mol. The Kier molecular flexibility index (Phi) is 5.95. The highest BCUT2D eigenvalue weighted by atomic mass is 35.5. The van der Waals surface area contributed by atoms with E-state index >= 15 is 0 Å². The first-order chi connectivity index (χ1) is 14.4. The zero-order valence-electron chi connectivity index (χ0n) is 15.7. The molecule has 1 N–H and O–H groups in total. The number of hydrogen-bond acceptors (Lipinski definition) is 3. The number of benzene rings is 2. The van der Waals surface area contributed by atoms with Gasteiger partial charge in [-0.1, -0.05) is 46.9 Å². The number of anilines is 2. The molecule has 0 fully saturated rings. The largest absolute Gasteiger partial charge is 0.321 e. The fourth-order valence-corrected chi connectivity index (χ4v) is 3.82. The molecule has 1 aliphatic heterocycles. The van der Waals surface area contributed by atoms with Gasteiger partial charge in [0.25, 0.3) is 5.91 Å². The van der Waals surface area contributed by atoms with Crippen LogP contribution in [0.25, 0.3) is 0 Å². The number of hydrogen-bond donors (Lipinski definition) is 1. The van der Waals surface area contributed by atoms with Crippen molar-refractivity contribution in [3.05, 3.63) is 86.6 Å². The average Bonchev–Trinajstić information content (AvgIpc) is 2.73. The molecule has 0 atom stereocenters. The predicted octanol–water partition coefficient (Wildman–Crippen LogP) is 5.77. The average molecular weight is 461 g/mol. The first-order valence-electron chi connectivity index (χ1n) is 9.22. The molecule has 152 valence electrons. The van der Waals surface area contributed by atoms with Crippen molar-refractivity contribution in [2.45, 2.75) is 19.4 Å². The summed E-state index contributed by atoms with van der Waals surface area (Å²) in [5.41, 5.74) is 3.45. The minimum Gasteiger partial charge on any atom is -0.321 e. The zero-order valence-corrected chi connectivity index (χ0v) is 17.9. The van der Waals surface area contributed by atoms with Gasteiger partial charge in [-0.25, -0.2) is 4.98 Å². The SMILES string of the molecule is O=C(Nc1ccc2c(c1)CCC(=O)N2Cc1ccc(Cl)cc1)c1nc(Cl)ccc1Cl. The molecule has 0 unspecified atom stereocenters. The van der Waals surface area contributed by atoms with Crippen LogP contribution in [0.3, 0.4) is 0 Å². The fourth-order valence-electron chi connectivity index (χ4n) is 3.35. The molecular formula is C22H16Cl3N3O2. The van der Waals surface area contributed by atoms with Crippen LogP contribution in [-0.4, -0.2) is 16.8 Å². The Balaban J connectivity index is 1.57. The number of nitrogens with one attached hydrogen (secondary N) is 1. The van der Waals surface area contributed by atoms with Crippen LogP contribution in [0.15, 0.2) is 54.6 Å². The van der Waals surface area contributed by atoms with Crippen molar-refractivity contribution in [3.8, 4) is 0 Å². The van der Waals surface area contributed by atoms with Gasteiger partial charge in [0.15, 0.2) is 0 Å². The molecule has 2 aromatic carbocycles. The maximum Gasteiger partial charge on any atom is 0.275 e. The van der Waals surface area contributed by atoms with E-state index in [1.54, 1.807) is 23.1 Å². The Hall–Kier alpha value is -2.60. The second-order valence-electron chi connectivity index (χ2n) is 6.87. The number of aryl methyl sites for hydroxylation is 1. The Bertz CT molecular complexity index is 1130. The molecule has 0 radical (unpaired) electrons. The maximum atomic E-state index is 12.5. The van der Waals surface area contributed by atoms with E-state index in [0.717, 1.165) is 16.8 Å². The normalized spacial score (nSPS) is 13.2. The van der Waals surface area contributed by atoms with Crippen LogP contribution >= 0.6 is 34.8 Å². The molecule has 1 aliphatic rings. The molecule has 2 heterocycles. The molecule has 4 rings (SSSR count). The maximum absolute atomic E-state index is 12.5. The molecule has 3 aromatic rings. The number of rotatable bonds is 4. The number of carbonyl (C=O) groups excluding carboxylic acids is 2. The van der Waals surface area contributed by atoms with Crippen LogP contribution in [-0.2, 0) is 17.8 Å². The van der Waals surface area contributed by atoms with Crippen LogP contribution < -0.4 is 10.2 Å². The van der Waals surface area contributed by atoms with Crippen LogP contribution in [0.1, 0.15) is 28.0 Å². The summed E-state index contributed by atoms with van der Waals surface area (Å²) in [5.74, 6) is -0.392. The standard InChI is InChI=1S/C22H16Cl3N3O2/c23-15-4-1-13(2-5-15)12-28-18-8-6-16(11-14(18)3-10-20(28)29)26-22(30)21-17(24)7-9-19(25)27-21/h1-2,4-9,11H,3,10,12H2,(H,26,30). The van der Waals surface area contributed by atoms with Gasteiger partial charge >= 0.3 is 0 Å². The molecule has 5 nitrogen and oxygen atoms in total. The minimum atomic E-state index is -0.452. The Morgan fingerprint density at radius 3 is 2.53 bits per heavy atom. The highest BCUT2D eigenvalue weighted by molar-refractivity contribution is 6.35. The topological polar surface area (TPSA) is 62.3 Å². The molecule has 0 bridgehead atoms. The van der Waals surface area contributed by atoms with Crippen molar-refractivity contribution in [3.63, 3.8) is 0 Å². The first kappa shape index (κ1) is 20.7. The minimum absolute atomic E-state index is 0.0569. The lowest BCUT2D eigenvalue weighted by atomic mass is 9.99. The molecule has 0 aliphatic carbocycles. The Morgan fingerprint density at radius 2 is 1.77 bits per heavy atom. The third kappa shape index (κ3) is 4.43. The molecule has 0 saturated carbocycles. The number of aromatic nitrogens is 1. The predicted molar refractivity (Wildman–Crippen MR) is 120 cm³/mol. The zero-order chi connectivity index (χ0) is 21.3. The van der Waals surface area contributed by atoms with E-state index < -0.39 is 5.91 Å². The summed E-state index contributed by atoms with van der Waals surface area (Å²) < 4.78 is 0. The summed E-state index contributed by atoms with van der Waals surface area (Å²) in [6, 6.07) is 15.9. The molecule has 2 amide bonds. The number of amides is 2. The van der Waals surface area contributed by atoms with Crippen molar-refractivity contribution < 1.29 is 9.59 Å². The Morgan fingerprint density at radius 1 is 1.00 bits per heavy atom. The second-order valence-corrected chi connectivity index (χ2v) is 8.10. The van der Waals surface area contributed by atoms with Gasteiger partial charge in [0, 0.05) is 22.8 Å². The van der Waals surface area contributed by atoms with E-state index in [2.05, 4.69) is 10.3 Å². The number of pyridine rings is 1. The van der Waals surface area contributed by atoms with E-state index in [1.807, 2.05) is 24.3 Å². The lowest BCUT2D eigenvalue weighted by Gasteiger charge is -2.30. The molecule has 0 spiro atoms. The highest BCUT2D eigenvalue weighted by Gasteiger charge is 2.25. The Labute approximate surface area is 188 Å². The van der Waals surface area contributed by atoms with Crippen molar-refractivity contribution in [1.82, 2.24) is 4.98 Å². The number of nitrogens with zero attached hydrogens (tertiary/aromatic N) is 2. The number of fused-ring (bicyclic) bond motifs is 1. The lowest BCUT2D eigenvalue weighted by molar-refractivity contribution is -0.119. The van der Waals surface area contributed by atoms with Gasteiger partial charge in [0.1, 0.15) is 10.8 Å². The van der Waals surface area contributed by atoms with Gasteiger partial charge in [-0.2, -0.15) is 0 Å². The molecule has 1 aromatic heterocycles. The van der Waals surface area contributed by atoms with E-state index in [4.69, 9.17) is 34.8 Å². The fraction of sp³-hybridized carbons (Fsp3) is 0.136. The van der Waals surface area contributed by atoms with Gasteiger partial charge in [0.2, 0.25) is 5.91 Å². The summed E-state index contributed by atoms with van der Waals surface area (Å²) in [5, 5.41) is 3.85. The van der Waals surface area contributed by atoms with Crippen LogP contribution in [0.5, 0.6) is 0 Å². The van der Waals surface area contributed by atoms with E-state index in [0.29, 0.717) is 30.1 Å². The summed E-state index contributed by atoms with van der Waals surface area (Å²) >= 11 is 17.9. The number of halogens is 3. The van der Waals surface area contributed by atoms with Crippen molar-refractivity contribution in [1.29, 1.82) is 0 Å². The van der Waals surface area contributed by atoms with E-state index in [-0.39, 0.29) is 21.8 Å². The van der Waals surface area contributed by atoms with Crippen molar-refractivity contribution in [2.24, 2.45) is 0 Å². The lowest BCUT2D eigenvalue weighted by Crippen LogP contribution is -2.34. The number of carbonyl (C=O) groups is 2. The van der Waals surface area contributed by atoms with Gasteiger partial charge < -0.3 is 10.2 Å². The first-order valence-corrected chi connectivity index (χ1v) is 10.4. The van der Waals surface area contributed by atoms with Gasteiger partial charge in [-0.15, -0.1) is 0 Å².